The molecule has 1 fully saturated rings. The fourth-order valence-corrected chi connectivity index (χ4v) is 3.30. The molecule has 0 aromatic carbocycles. The van der Waals surface area contributed by atoms with E-state index >= 15 is 0 Å². The van der Waals surface area contributed by atoms with Crippen LogP contribution >= 0.6 is 0 Å². The van der Waals surface area contributed by atoms with Crippen molar-refractivity contribution in [2.24, 2.45) is 5.41 Å². The molecule has 0 amide bonds. The van der Waals surface area contributed by atoms with Crippen molar-refractivity contribution >= 4 is 21.6 Å². The Hall–Kier alpha value is -1.67. The first-order valence-electron chi connectivity index (χ1n) is 6.92. The number of carbonyl (C=O) groups is 1. The molecular weight excluding hydrogens is 308 g/mol. The maximum absolute atomic E-state index is 11.6. The van der Waals surface area contributed by atoms with E-state index in [1.54, 1.807) is 6.07 Å². The Morgan fingerprint density at radius 1 is 1.50 bits per heavy atom. The molecule has 0 aliphatic carbocycles. The monoisotopic (exact) mass is 328 g/mol. The predicted molar refractivity (Wildman–Crippen MR) is 80.7 cm³/mol. The number of nitrogens with zero attached hydrogens (tertiary/aromatic N) is 2. The van der Waals surface area contributed by atoms with Gasteiger partial charge in [0.1, 0.15) is 11.2 Å². The minimum atomic E-state index is -3.29. The van der Waals surface area contributed by atoms with E-state index in [-0.39, 0.29) is 11.5 Å². The lowest BCUT2D eigenvalue weighted by molar-refractivity contribution is -0.153. The largest absolute Gasteiger partial charge is 0.481 e. The topological polar surface area (TPSA) is 96.8 Å². The van der Waals surface area contributed by atoms with Gasteiger partial charge in [-0.3, -0.25) is 4.79 Å². The molecule has 1 aliphatic heterocycles. The smallest absolute Gasteiger partial charge is 0.313 e. The molecule has 1 atom stereocenters. The van der Waals surface area contributed by atoms with Gasteiger partial charge in [0.25, 0.3) is 0 Å². The maximum Gasteiger partial charge on any atom is 0.313 e. The normalized spacial score (nSPS) is 22.5. The lowest BCUT2D eigenvalue weighted by Crippen LogP contribution is -2.50. The molecular formula is C14H20N2O5S. The van der Waals surface area contributed by atoms with Gasteiger partial charge in [-0.25, -0.2) is 13.4 Å². The summed E-state index contributed by atoms with van der Waals surface area (Å²) in [6.45, 7) is 1.12. The van der Waals surface area contributed by atoms with Gasteiger partial charge < -0.3 is 14.7 Å². The molecule has 122 valence electrons. The maximum atomic E-state index is 11.6. The zero-order chi connectivity index (χ0) is 16.4. The number of rotatable bonds is 5. The van der Waals surface area contributed by atoms with Crippen molar-refractivity contribution in [1.82, 2.24) is 4.98 Å². The van der Waals surface area contributed by atoms with Crippen LogP contribution < -0.4 is 4.90 Å². The number of piperidine rings is 1. The van der Waals surface area contributed by atoms with Crippen LogP contribution in [0.15, 0.2) is 23.2 Å². The number of methoxy groups -OCH3 is 1. The number of aliphatic carboxylic acids is 1. The van der Waals surface area contributed by atoms with Gasteiger partial charge in [0, 0.05) is 32.7 Å². The summed E-state index contributed by atoms with van der Waals surface area (Å²) < 4.78 is 28.0. The Labute approximate surface area is 129 Å². The number of ether oxygens (including phenoxy) is 1. The summed E-state index contributed by atoms with van der Waals surface area (Å²) in [7, 11) is -1.80. The second-order valence-electron chi connectivity index (χ2n) is 5.67. The van der Waals surface area contributed by atoms with Crippen molar-refractivity contribution in [2.75, 3.05) is 38.0 Å². The first kappa shape index (κ1) is 16.7. The second-order valence-corrected chi connectivity index (χ2v) is 7.68. The average Bonchev–Trinajstić information content (AvgIpc) is 2.47. The molecule has 22 heavy (non-hydrogen) atoms. The van der Waals surface area contributed by atoms with E-state index in [0.29, 0.717) is 31.7 Å². The summed E-state index contributed by atoms with van der Waals surface area (Å²) in [6.07, 6.45) is 3.69. The summed E-state index contributed by atoms with van der Waals surface area (Å²) in [5.41, 5.74) is -0.954. The van der Waals surface area contributed by atoms with Crippen LogP contribution in [0.2, 0.25) is 0 Å². The fraction of sp³-hybridized carbons (Fsp3) is 0.571. The van der Waals surface area contributed by atoms with E-state index in [1.807, 2.05) is 4.90 Å². The number of carboxylic acid groups (broad SMARTS) is 1. The molecule has 1 aromatic heterocycles. The summed E-state index contributed by atoms with van der Waals surface area (Å²) in [4.78, 5) is 17.8. The van der Waals surface area contributed by atoms with Crippen LogP contribution in [0, 0.1) is 5.41 Å². The SMILES string of the molecule is COCC1(C(=O)O)CCCN(c2ccc(S(C)(=O)=O)cn2)C1. The zero-order valence-corrected chi connectivity index (χ0v) is 13.5. The number of carboxylic acids is 1. The Morgan fingerprint density at radius 2 is 2.23 bits per heavy atom. The molecule has 0 spiro atoms. The summed E-state index contributed by atoms with van der Waals surface area (Å²) in [6, 6.07) is 3.10. The summed E-state index contributed by atoms with van der Waals surface area (Å²) in [5, 5.41) is 9.53. The van der Waals surface area contributed by atoms with Crippen molar-refractivity contribution in [3.63, 3.8) is 0 Å². The van der Waals surface area contributed by atoms with Gasteiger partial charge in [0.15, 0.2) is 9.84 Å². The number of anilines is 1. The van der Waals surface area contributed by atoms with Crippen molar-refractivity contribution < 1.29 is 23.1 Å². The van der Waals surface area contributed by atoms with Crippen LogP contribution in [0.5, 0.6) is 0 Å². The van der Waals surface area contributed by atoms with Gasteiger partial charge in [0.05, 0.1) is 11.5 Å². The molecule has 1 N–H and O–H groups in total. The van der Waals surface area contributed by atoms with E-state index in [2.05, 4.69) is 4.98 Å². The van der Waals surface area contributed by atoms with E-state index in [1.165, 1.54) is 19.4 Å². The molecule has 0 radical (unpaired) electrons. The highest BCUT2D eigenvalue weighted by atomic mass is 32.2. The lowest BCUT2D eigenvalue weighted by atomic mass is 9.80. The Kier molecular flexibility index (Phi) is 4.72. The Morgan fingerprint density at radius 3 is 2.73 bits per heavy atom. The van der Waals surface area contributed by atoms with E-state index in [4.69, 9.17) is 4.74 Å². The van der Waals surface area contributed by atoms with Crippen molar-refractivity contribution in [1.29, 1.82) is 0 Å². The molecule has 8 heteroatoms. The van der Waals surface area contributed by atoms with Crippen LogP contribution in [-0.2, 0) is 19.4 Å². The molecule has 1 aromatic rings. The molecule has 0 saturated carbocycles. The average molecular weight is 328 g/mol. The van der Waals surface area contributed by atoms with Crippen molar-refractivity contribution in [2.45, 2.75) is 17.7 Å². The standard InChI is InChI=1S/C14H20N2O5S/c1-21-10-14(13(17)18)6-3-7-16(9-14)12-5-4-11(8-15-12)22(2,19)20/h4-5,8H,3,6-7,9-10H2,1-2H3,(H,17,18). The quantitative estimate of drug-likeness (QED) is 0.854. The third kappa shape index (κ3) is 3.38. The van der Waals surface area contributed by atoms with Crippen LogP contribution in [0.3, 0.4) is 0 Å². The van der Waals surface area contributed by atoms with E-state index in [9.17, 15) is 18.3 Å². The molecule has 1 unspecified atom stereocenters. The number of hydrogen-bond acceptors (Lipinski definition) is 6. The van der Waals surface area contributed by atoms with Crippen molar-refractivity contribution in [3.05, 3.63) is 18.3 Å². The minimum Gasteiger partial charge on any atom is -0.481 e. The number of pyridine rings is 1. The highest BCUT2D eigenvalue weighted by Crippen LogP contribution is 2.33. The van der Waals surface area contributed by atoms with Crippen LogP contribution in [-0.4, -0.2) is 57.5 Å². The van der Waals surface area contributed by atoms with Crippen LogP contribution in [0.1, 0.15) is 12.8 Å². The molecule has 2 rings (SSSR count). The first-order valence-corrected chi connectivity index (χ1v) is 8.81. The summed E-state index contributed by atoms with van der Waals surface area (Å²) >= 11 is 0. The Bertz CT molecular complexity index is 640. The minimum absolute atomic E-state index is 0.139. The first-order chi connectivity index (χ1) is 10.3. The van der Waals surface area contributed by atoms with E-state index < -0.39 is 21.2 Å². The number of sulfone groups is 1. The lowest BCUT2D eigenvalue weighted by Gasteiger charge is -2.40. The molecule has 2 heterocycles. The molecule has 7 nitrogen and oxygen atoms in total. The van der Waals surface area contributed by atoms with Gasteiger partial charge in [0.2, 0.25) is 0 Å². The highest BCUT2D eigenvalue weighted by Gasteiger charge is 2.43. The molecule has 1 aliphatic rings. The third-order valence-electron chi connectivity index (χ3n) is 3.92. The summed E-state index contributed by atoms with van der Waals surface area (Å²) in [5.74, 6) is -0.305. The third-order valence-corrected chi connectivity index (χ3v) is 5.02. The predicted octanol–water partition coefficient (Wildman–Crippen LogP) is 0.803. The highest BCUT2D eigenvalue weighted by molar-refractivity contribution is 7.90. The number of aromatic nitrogens is 1. The van der Waals surface area contributed by atoms with Gasteiger partial charge in [-0.15, -0.1) is 0 Å². The fourth-order valence-electron chi connectivity index (χ4n) is 2.74. The molecule has 0 bridgehead atoms. The van der Waals surface area contributed by atoms with Crippen LogP contribution in [0.4, 0.5) is 5.82 Å². The van der Waals surface area contributed by atoms with Gasteiger partial charge in [-0.1, -0.05) is 0 Å². The Balaban J connectivity index is 2.24. The van der Waals surface area contributed by atoms with Gasteiger partial charge in [-0.05, 0) is 25.0 Å². The molecule has 1 saturated heterocycles. The van der Waals surface area contributed by atoms with Gasteiger partial charge in [-0.2, -0.15) is 0 Å². The van der Waals surface area contributed by atoms with Gasteiger partial charge >= 0.3 is 5.97 Å². The van der Waals surface area contributed by atoms with Crippen molar-refractivity contribution in [3.8, 4) is 0 Å². The zero-order valence-electron chi connectivity index (χ0n) is 12.7. The van der Waals surface area contributed by atoms with E-state index in [0.717, 1.165) is 6.26 Å². The second kappa shape index (κ2) is 6.21. The van der Waals surface area contributed by atoms with Crippen LogP contribution in [0.25, 0.3) is 0 Å². The number of hydrogen-bond donors (Lipinski definition) is 1.